The van der Waals surface area contributed by atoms with Gasteiger partial charge in [-0.15, -0.1) is 0 Å². The summed E-state index contributed by atoms with van der Waals surface area (Å²) in [6.45, 7) is 4.55. The Bertz CT molecular complexity index is 811. The highest BCUT2D eigenvalue weighted by molar-refractivity contribution is 5.97. The molecule has 1 aliphatic rings. The molecule has 1 aromatic heterocycles. The smallest absolute Gasteiger partial charge is 0.326 e. The number of piperidine rings is 1. The molecule has 1 saturated heterocycles. The number of carbonyl (C=O) groups is 2. The third-order valence-electron chi connectivity index (χ3n) is 4.77. The van der Waals surface area contributed by atoms with Crippen LogP contribution in [0.3, 0.4) is 0 Å². The number of hydrogen-bond donors (Lipinski definition) is 2. The summed E-state index contributed by atoms with van der Waals surface area (Å²) in [6, 6.07) is 6.83. The molecule has 0 aliphatic carbocycles. The summed E-state index contributed by atoms with van der Waals surface area (Å²) in [4.78, 5) is 25.5. The maximum absolute atomic E-state index is 12.8. The zero-order chi connectivity index (χ0) is 18.8. The molecular formula is C19H23N3O4. The van der Waals surface area contributed by atoms with Gasteiger partial charge in [-0.2, -0.15) is 5.10 Å². The van der Waals surface area contributed by atoms with Crippen molar-refractivity contribution in [3.63, 3.8) is 0 Å². The Balaban J connectivity index is 1.87. The van der Waals surface area contributed by atoms with Gasteiger partial charge in [0.2, 0.25) is 0 Å². The minimum atomic E-state index is -1.03. The summed E-state index contributed by atoms with van der Waals surface area (Å²) >= 11 is 0. The fourth-order valence-corrected chi connectivity index (χ4v) is 3.23. The number of aliphatic carboxylic acids is 1. The SMILES string of the molecule is CC(C)c1ccc(-n2cc(O)c(C(=O)N3CCCCC3C(=O)O)n2)cc1. The molecule has 2 heterocycles. The monoisotopic (exact) mass is 357 g/mol. The molecule has 2 aromatic rings. The minimum Gasteiger partial charge on any atom is -0.504 e. The van der Waals surface area contributed by atoms with Crippen LogP contribution < -0.4 is 0 Å². The fourth-order valence-electron chi connectivity index (χ4n) is 3.23. The van der Waals surface area contributed by atoms with Gasteiger partial charge in [-0.3, -0.25) is 4.79 Å². The third kappa shape index (κ3) is 3.42. The van der Waals surface area contributed by atoms with E-state index < -0.39 is 17.9 Å². The molecule has 138 valence electrons. The van der Waals surface area contributed by atoms with Crippen molar-refractivity contribution in [3.05, 3.63) is 41.7 Å². The van der Waals surface area contributed by atoms with Crippen molar-refractivity contribution in [1.82, 2.24) is 14.7 Å². The summed E-state index contributed by atoms with van der Waals surface area (Å²) in [5.74, 6) is -1.43. The average Bonchev–Trinajstić information content (AvgIpc) is 3.03. The normalized spacial score (nSPS) is 17.5. The largest absolute Gasteiger partial charge is 0.504 e. The van der Waals surface area contributed by atoms with Crippen molar-refractivity contribution in [1.29, 1.82) is 0 Å². The second-order valence-electron chi connectivity index (χ2n) is 6.90. The summed E-state index contributed by atoms with van der Waals surface area (Å²) in [7, 11) is 0. The van der Waals surface area contributed by atoms with Crippen molar-refractivity contribution in [2.45, 2.75) is 45.1 Å². The van der Waals surface area contributed by atoms with E-state index in [-0.39, 0.29) is 11.4 Å². The number of carboxylic acids is 1. The van der Waals surface area contributed by atoms with Gasteiger partial charge in [-0.05, 0) is 42.9 Å². The van der Waals surface area contributed by atoms with Crippen molar-refractivity contribution < 1.29 is 19.8 Å². The van der Waals surface area contributed by atoms with Crippen LogP contribution in [0, 0.1) is 0 Å². The van der Waals surface area contributed by atoms with Crippen molar-refractivity contribution >= 4 is 11.9 Å². The minimum absolute atomic E-state index is 0.119. The molecule has 2 N–H and O–H groups in total. The Morgan fingerprint density at radius 3 is 2.50 bits per heavy atom. The number of carbonyl (C=O) groups excluding carboxylic acids is 1. The van der Waals surface area contributed by atoms with E-state index in [1.54, 1.807) is 0 Å². The van der Waals surface area contributed by atoms with E-state index in [2.05, 4.69) is 18.9 Å². The van der Waals surface area contributed by atoms with Gasteiger partial charge in [0.25, 0.3) is 5.91 Å². The van der Waals surface area contributed by atoms with Crippen LogP contribution in [-0.4, -0.2) is 49.4 Å². The molecule has 1 fully saturated rings. The van der Waals surface area contributed by atoms with Gasteiger partial charge < -0.3 is 15.1 Å². The highest BCUT2D eigenvalue weighted by atomic mass is 16.4. The zero-order valence-corrected chi connectivity index (χ0v) is 14.9. The first-order valence-corrected chi connectivity index (χ1v) is 8.81. The van der Waals surface area contributed by atoms with Gasteiger partial charge in [0.1, 0.15) is 6.04 Å². The predicted octanol–water partition coefficient (Wildman–Crippen LogP) is 2.78. The first-order chi connectivity index (χ1) is 12.4. The lowest BCUT2D eigenvalue weighted by atomic mass is 10.0. The molecule has 1 atom stereocenters. The molecule has 1 amide bonds. The van der Waals surface area contributed by atoms with Crippen LogP contribution in [0.5, 0.6) is 5.75 Å². The Hall–Kier alpha value is -2.83. The van der Waals surface area contributed by atoms with Gasteiger partial charge in [0.05, 0.1) is 11.9 Å². The molecule has 1 aromatic carbocycles. The number of amides is 1. The highest BCUT2D eigenvalue weighted by Crippen LogP contribution is 2.25. The summed E-state index contributed by atoms with van der Waals surface area (Å²) < 4.78 is 1.44. The van der Waals surface area contributed by atoms with E-state index in [1.807, 2.05) is 24.3 Å². The van der Waals surface area contributed by atoms with Crippen LogP contribution in [0.2, 0.25) is 0 Å². The van der Waals surface area contributed by atoms with Gasteiger partial charge >= 0.3 is 5.97 Å². The van der Waals surface area contributed by atoms with Crippen LogP contribution >= 0.6 is 0 Å². The molecule has 1 unspecified atom stereocenters. The lowest BCUT2D eigenvalue weighted by molar-refractivity contribution is -0.143. The number of aromatic hydroxyl groups is 1. The van der Waals surface area contributed by atoms with E-state index in [0.29, 0.717) is 18.9 Å². The Labute approximate surface area is 151 Å². The number of hydrogen-bond acceptors (Lipinski definition) is 4. The summed E-state index contributed by atoms with van der Waals surface area (Å²) in [5.41, 5.74) is 1.78. The molecule has 1 aliphatic heterocycles. The van der Waals surface area contributed by atoms with E-state index in [1.165, 1.54) is 21.3 Å². The quantitative estimate of drug-likeness (QED) is 0.877. The number of nitrogens with zero attached hydrogens (tertiary/aromatic N) is 3. The summed E-state index contributed by atoms with van der Waals surface area (Å²) in [5, 5.41) is 23.7. The van der Waals surface area contributed by atoms with Crippen LogP contribution in [0.25, 0.3) is 5.69 Å². The molecule has 0 radical (unpaired) electrons. The van der Waals surface area contributed by atoms with E-state index >= 15 is 0 Å². The van der Waals surface area contributed by atoms with Crippen LogP contribution in [0.15, 0.2) is 30.5 Å². The Morgan fingerprint density at radius 2 is 1.88 bits per heavy atom. The van der Waals surface area contributed by atoms with Crippen LogP contribution in [-0.2, 0) is 4.79 Å². The highest BCUT2D eigenvalue weighted by Gasteiger charge is 2.34. The maximum atomic E-state index is 12.8. The van der Waals surface area contributed by atoms with Crippen LogP contribution in [0.4, 0.5) is 0 Å². The molecule has 0 bridgehead atoms. The summed E-state index contributed by atoms with van der Waals surface area (Å²) in [6.07, 6.45) is 3.30. The number of likely N-dealkylation sites (tertiary alicyclic amines) is 1. The standard InChI is InChI=1S/C19H23N3O4/c1-12(2)13-6-8-14(9-7-13)22-11-16(23)17(20-22)18(24)21-10-4-3-5-15(21)19(25)26/h6-9,11-12,15,23H,3-5,10H2,1-2H3,(H,25,26). The van der Waals surface area contributed by atoms with Gasteiger partial charge in [-0.1, -0.05) is 26.0 Å². The Morgan fingerprint density at radius 1 is 1.19 bits per heavy atom. The van der Waals surface area contributed by atoms with E-state index in [9.17, 15) is 19.8 Å². The molecular weight excluding hydrogens is 334 g/mol. The molecule has 7 nitrogen and oxygen atoms in total. The van der Waals surface area contributed by atoms with Crippen molar-refractivity contribution in [2.24, 2.45) is 0 Å². The second kappa shape index (κ2) is 7.19. The first-order valence-electron chi connectivity index (χ1n) is 8.81. The number of aromatic nitrogens is 2. The lowest BCUT2D eigenvalue weighted by Crippen LogP contribution is -2.48. The fraction of sp³-hybridized carbons (Fsp3) is 0.421. The Kier molecular flexibility index (Phi) is 4.97. The van der Waals surface area contributed by atoms with Crippen LogP contribution in [0.1, 0.15) is 55.1 Å². The number of benzene rings is 1. The van der Waals surface area contributed by atoms with Gasteiger partial charge in [-0.25, -0.2) is 9.48 Å². The molecule has 0 saturated carbocycles. The molecule has 0 spiro atoms. The third-order valence-corrected chi connectivity index (χ3v) is 4.77. The zero-order valence-electron chi connectivity index (χ0n) is 14.9. The molecule has 26 heavy (non-hydrogen) atoms. The van der Waals surface area contributed by atoms with Gasteiger partial charge in [0, 0.05) is 6.54 Å². The topological polar surface area (TPSA) is 95.7 Å². The first kappa shape index (κ1) is 18.0. The second-order valence-corrected chi connectivity index (χ2v) is 6.90. The number of rotatable bonds is 4. The average molecular weight is 357 g/mol. The predicted molar refractivity (Wildman–Crippen MR) is 95.6 cm³/mol. The van der Waals surface area contributed by atoms with E-state index in [0.717, 1.165) is 18.5 Å². The van der Waals surface area contributed by atoms with Crippen molar-refractivity contribution in [3.8, 4) is 11.4 Å². The molecule has 3 rings (SSSR count). The maximum Gasteiger partial charge on any atom is 0.326 e. The lowest BCUT2D eigenvalue weighted by Gasteiger charge is -2.32. The number of carboxylic acid groups (broad SMARTS) is 1. The molecule has 7 heteroatoms. The van der Waals surface area contributed by atoms with Gasteiger partial charge in [0.15, 0.2) is 11.4 Å². The van der Waals surface area contributed by atoms with E-state index in [4.69, 9.17) is 0 Å². The van der Waals surface area contributed by atoms with Crippen molar-refractivity contribution in [2.75, 3.05) is 6.54 Å².